The molecular formula is C24H38O4. The average molecular weight is 391 g/mol. The number of Topliss-reactive ketones (excluding diaryl/α,β-unsaturated/α-hetero) is 1. The van der Waals surface area contributed by atoms with Gasteiger partial charge in [0.15, 0.2) is 0 Å². The number of hydrogen-bond donors (Lipinski definition) is 2. The smallest absolute Gasteiger partial charge is 0.303 e. The van der Waals surface area contributed by atoms with Crippen molar-refractivity contribution >= 4 is 11.8 Å². The predicted molar refractivity (Wildman–Crippen MR) is 108 cm³/mol. The molecule has 4 rings (SSSR count). The molecule has 0 heterocycles. The van der Waals surface area contributed by atoms with Crippen molar-refractivity contribution in [3.63, 3.8) is 0 Å². The summed E-state index contributed by atoms with van der Waals surface area (Å²) >= 11 is 0. The molecule has 0 aromatic rings. The summed E-state index contributed by atoms with van der Waals surface area (Å²) in [6.07, 6.45) is 8.81. The summed E-state index contributed by atoms with van der Waals surface area (Å²) in [5.74, 6) is 2.25. The third-order valence-corrected chi connectivity index (χ3v) is 10.0. The van der Waals surface area contributed by atoms with Crippen LogP contribution in [0.25, 0.3) is 0 Å². The van der Waals surface area contributed by atoms with Gasteiger partial charge in [-0.25, -0.2) is 0 Å². The molecule has 4 aliphatic carbocycles. The second-order valence-electron chi connectivity index (χ2n) is 11.2. The first-order valence-electron chi connectivity index (χ1n) is 11.6. The van der Waals surface area contributed by atoms with Crippen LogP contribution in [0.15, 0.2) is 0 Å². The molecule has 0 aromatic carbocycles. The summed E-state index contributed by atoms with van der Waals surface area (Å²) in [6, 6.07) is 0. The van der Waals surface area contributed by atoms with Gasteiger partial charge in [0.25, 0.3) is 0 Å². The standard InChI is InChI=1S/C24H38O4/c1-14(4-7-21(27)28)17-5-6-18-22-19(9-11-24(17,18)3)23(2)10-8-16(25)12-15(23)13-20(22)26/h14-19,22,25H,4-13H2,1-3H3,(H,27,28)/t14-,15-,16-,17-,18+,19+,22+,23+,24-/m1/s1. The van der Waals surface area contributed by atoms with Crippen LogP contribution in [-0.4, -0.2) is 28.1 Å². The maximum atomic E-state index is 13.3. The SMILES string of the molecule is C[C@H](CCC(=O)O)[C@H]1CC[C@H]2[C@@H]3C(=O)C[C@H]4C[C@H](O)CC[C@]4(C)[C@H]3CC[C@]12C. The Morgan fingerprint density at radius 3 is 2.50 bits per heavy atom. The minimum absolute atomic E-state index is 0.187. The zero-order valence-corrected chi connectivity index (χ0v) is 17.8. The van der Waals surface area contributed by atoms with Gasteiger partial charge in [-0.15, -0.1) is 0 Å². The number of carboxylic acids is 1. The van der Waals surface area contributed by atoms with Crippen molar-refractivity contribution in [3.05, 3.63) is 0 Å². The molecule has 2 N–H and O–H groups in total. The van der Waals surface area contributed by atoms with Crippen molar-refractivity contribution in [2.75, 3.05) is 0 Å². The molecule has 4 saturated carbocycles. The molecule has 4 nitrogen and oxygen atoms in total. The average Bonchev–Trinajstić information content (AvgIpc) is 2.98. The van der Waals surface area contributed by atoms with Crippen LogP contribution in [0.1, 0.15) is 85.0 Å². The van der Waals surface area contributed by atoms with Gasteiger partial charge in [-0.3, -0.25) is 9.59 Å². The lowest BCUT2D eigenvalue weighted by molar-refractivity contribution is -0.160. The Hall–Kier alpha value is -0.900. The lowest BCUT2D eigenvalue weighted by atomic mass is 9.44. The lowest BCUT2D eigenvalue weighted by Gasteiger charge is -2.60. The Labute approximate surface area is 169 Å². The van der Waals surface area contributed by atoms with E-state index in [4.69, 9.17) is 5.11 Å². The lowest BCUT2D eigenvalue weighted by Crippen LogP contribution is -2.57. The highest BCUT2D eigenvalue weighted by atomic mass is 16.4. The van der Waals surface area contributed by atoms with Gasteiger partial charge >= 0.3 is 5.97 Å². The van der Waals surface area contributed by atoms with Crippen LogP contribution in [0.2, 0.25) is 0 Å². The molecule has 0 aromatic heterocycles. The van der Waals surface area contributed by atoms with E-state index < -0.39 is 5.97 Å². The van der Waals surface area contributed by atoms with Crippen LogP contribution >= 0.6 is 0 Å². The molecule has 158 valence electrons. The number of carbonyl (C=O) groups excluding carboxylic acids is 1. The Morgan fingerprint density at radius 2 is 1.79 bits per heavy atom. The number of ketones is 1. The van der Waals surface area contributed by atoms with E-state index in [9.17, 15) is 14.7 Å². The summed E-state index contributed by atoms with van der Waals surface area (Å²) < 4.78 is 0. The topological polar surface area (TPSA) is 74.6 Å². The van der Waals surface area contributed by atoms with Crippen molar-refractivity contribution in [2.24, 2.45) is 46.3 Å². The fourth-order valence-corrected chi connectivity index (χ4v) is 8.44. The molecule has 0 saturated heterocycles. The Bertz CT molecular complexity index is 645. The van der Waals surface area contributed by atoms with Crippen LogP contribution in [0.4, 0.5) is 0 Å². The fourth-order valence-electron chi connectivity index (χ4n) is 8.44. The van der Waals surface area contributed by atoms with Crippen molar-refractivity contribution in [1.82, 2.24) is 0 Å². The number of hydrogen-bond acceptors (Lipinski definition) is 3. The molecule has 0 bridgehead atoms. The number of carboxylic acid groups (broad SMARTS) is 1. The zero-order chi connectivity index (χ0) is 20.3. The number of rotatable bonds is 4. The van der Waals surface area contributed by atoms with Crippen molar-refractivity contribution in [3.8, 4) is 0 Å². The first-order valence-corrected chi connectivity index (χ1v) is 11.6. The van der Waals surface area contributed by atoms with E-state index in [1.165, 1.54) is 6.42 Å². The molecule has 0 amide bonds. The number of aliphatic hydroxyl groups is 1. The summed E-state index contributed by atoms with van der Waals surface area (Å²) in [6.45, 7) is 7.06. The minimum atomic E-state index is -0.698. The zero-order valence-electron chi connectivity index (χ0n) is 17.8. The van der Waals surface area contributed by atoms with Crippen LogP contribution in [0.3, 0.4) is 0 Å². The van der Waals surface area contributed by atoms with E-state index in [1.807, 2.05) is 0 Å². The largest absolute Gasteiger partial charge is 0.481 e. The molecular weight excluding hydrogens is 352 g/mol. The van der Waals surface area contributed by atoms with Gasteiger partial charge in [0.2, 0.25) is 0 Å². The Balaban J connectivity index is 1.56. The molecule has 0 aliphatic heterocycles. The summed E-state index contributed by atoms with van der Waals surface area (Å²) in [5, 5.41) is 19.3. The van der Waals surface area contributed by atoms with Gasteiger partial charge in [0, 0.05) is 18.8 Å². The van der Waals surface area contributed by atoms with E-state index in [-0.39, 0.29) is 29.3 Å². The van der Waals surface area contributed by atoms with Gasteiger partial charge in [0.1, 0.15) is 5.78 Å². The Kier molecular flexibility index (Phi) is 5.17. The molecule has 0 spiro atoms. The third-order valence-electron chi connectivity index (χ3n) is 10.0. The first-order chi connectivity index (χ1) is 13.2. The van der Waals surface area contributed by atoms with E-state index >= 15 is 0 Å². The highest BCUT2D eigenvalue weighted by Crippen LogP contribution is 2.67. The third kappa shape index (κ3) is 3.05. The maximum Gasteiger partial charge on any atom is 0.303 e. The van der Waals surface area contributed by atoms with Crippen LogP contribution in [0.5, 0.6) is 0 Å². The highest BCUT2D eigenvalue weighted by Gasteiger charge is 2.62. The van der Waals surface area contributed by atoms with Gasteiger partial charge in [-0.1, -0.05) is 20.8 Å². The summed E-state index contributed by atoms with van der Waals surface area (Å²) in [4.78, 5) is 24.4. The molecule has 0 unspecified atom stereocenters. The first kappa shape index (κ1) is 20.4. The van der Waals surface area contributed by atoms with Crippen molar-refractivity contribution < 1.29 is 19.8 Å². The van der Waals surface area contributed by atoms with Crippen LogP contribution in [-0.2, 0) is 9.59 Å². The van der Waals surface area contributed by atoms with Crippen LogP contribution in [0, 0.1) is 46.3 Å². The van der Waals surface area contributed by atoms with E-state index in [0.717, 1.165) is 44.9 Å². The minimum Gasteiger partial charge on any atom is -0.481 e. The monoisotopic (exact) mass is 390 g/mol. The van der Waals surface area contributed by atoms with Gasteiger partial charge in [-0.2, -0.15) is 0 Å². The molecule has 9 atom stereocenters. The van der Waals surface area contributed by atoms with E-state index in [0.29, 0.717) is 41.8 Å². The van der Waals surface area contributed by atoms with Gasteiger partial charge < -0.3 is 10.2 Å². The molecule has 4 aliphatic rings. The van der Waals surface area contributed by atoms with Crippen molar-refractivity contribution in [2.45, 2.75) is 91.1 Å². The second-order valence-corrected chi connectivity index (χ2v) is 11.2. The van der Waals surface area contributed by atoms with E-state index in [1.54, 1.807) is 0 Å². The number of aliphatic hydroxyl groups excluding tert-OH is 1. The predicted octanol–water partition coefficient (Wildman–Crippen LogP) is 4.69. The Morgan fingerprint density at radius 1 is 1.11 bits per heavy atom. The highest BCUT2D eigenvalue weighted by molar-refractivity contribution is 5.83. The van der Waals surface area contributed by atoms with Gasteiger partial charge in [0.05, 0.1) is 6.10 Å². The number of fused-ring (bicyclic) bond motifs is 5. The van der Waals surface area contributed by atoms with Gasteiger partial charge in [-0.05, 0) is 91.8 Å². The molecule has 4 heteroatoms. The van der Waals surface area contributed by atoms with E-state index in [2.05, 4.69) is 20.8 Å². The summed E-state index contributed by atoms with van der Waals surface area (Å²) in [5.41, 5.74) is 0.401. The summed E-state index contributed by atoms with van der Waals surface area (Å²) in [7, 11) is 0. The van der Waals surface area contributed by atoms with Crippen molar-refractivity contribution in [1.29, 1.82) is 0 Å². The maximum absolute atomic E-state index is 13.3. The number of aliphatic carboxylic acids is 1. The number of carbonyl (C=O) groups is 2. The second kappa shape index (κ2) is 7.11. The molecule has 4 fully saturated rings. The molecule has 28 heavy (non-hydrogen) atoms. The van der Waals surface area contributed by atoms with Crippen LogP contribution < -0.4 is 0 Å². The molecule has 0 radical (unpaired) electrons. The fraction of sp³-hybridized carbons (Fsp3) is 0.917. The quantitative estimate of drug-likeness (QED) is 0.730. The normalized spacial score (nSPS) is 49.1.